The Labute approximate surface area is 112 Å². The van der Waals surface area contributed by atoms with Gasteiger partial charge in [-0.25, -0.2) is 9.97 Å². The second-order valence-electron chi connectivity index (χ2n) is 4.73. The minimum atomic E-state index is -0.474. The van der Waals surface area contributed by atoms with Gasteiger partial charge in [0.25, 0.3) is 0 Å². The Morgan fingerprint density at radius 3 is 2.84 bits per heavy atom. The van der Waals surface area contributed by atoms with Gasteiger partial charge in [-0.05, 0) is 39.3 Å². The molecule has 104 valence electrons. The fourth-order valence-corrected chi connectivity index (χ4v) is 2.43. The number of hydrogen-bond donors (Lipinski definition) is 1. The molecule has 1 aliphatic heterocycles. The van der Waals surface area contributed by atoms with E-state index >= 15 is 0 Å². The van der Waals surface area contributed by atoms with E-state index in [1.54, 1.807) is 0 Å². The van der Waals surface area contributed by atoms with Crippen molar-refractivity contribution in [3.8, 4) is 0 Å². The summed E-state index contributed by atoms with van der Waals surface area (Å²) in [6, 6.07) is 0.419. The number of anilines is 1. The molecule has 0 radical (unpaired) electrons. The van der Waals surface area contributed by atoms with E-state index in [9.17, 15) is 10.1 Å². The summed E-state index contributed by atoms with van der Waals surface area (Å²) in [5.74, 6) is 0.603. The molecular weight excluding hydrogens is 246 g/mol. The van der Waals surface area contributed by atoms with E-state index in [2.05, 4.69) is 20.2 Å². The average Bonchev–Trinajstić information content (AvgIpc) is 2.45. The largest absolute Gasteiger partial charge is 0.338 e. The van der Waals surface area contributed by atoms with Crippen molar-refractivity contribution in [3.63, 3.8) is 0 Å². The third-order valence-electron chi connectivity index (χ3n) is 3.45. The molecule has 7 nitrogen and oxygen atoms in total. The summed E-state index contributed by atoms with van der Waals surface area (Å²) < 4.78 is 0. The molecule has 1 atom stereocenters. The van der Waals surface area contributed by atoms with Gasteiger partial charge < -0.3 is 10.2 Å². The number of nitrogens with one attached hydrogen (secondary N) is 1. The van der Waals surface area contributed by atoms with E-state index in [0.29, 0.717) is 12.0 Å². The fraction of sp³-hybridized carbons (Fsp3) is 0.667. The second-order valence-corrected chi connectivity index (χ2v) is 4.73. The van der Waals surface area contributed by atoms with Gasteiger partial charge in [0.15, 0.2) is 0 Å². The number of nitrogens with zero attached hydrogens (tertiary/aromatic N) is 4. The van der Waals surface area contributed by atoms with Crippen LogP contribution < -0.4 is 10.2 Å². The first kappa shape index (κ1) is 13.7. The molecule has 1 aromatic heterocycles. The van der Waals surface area contributed by atoms with Crippen LogP contribution in [0.5, 0.6) is 0 Å². The summed E-state index contributed by atoms with van der Waals surface area (Å²) in [7, 11) is 1.94. The van der Waals surface area contributed by atoms with Gasteiger partial charge in [-0.1, -0.05) is 0 Å². The molecule has 2 rings (SSSR count). The highest BCUT2D eigenvalue weighted by atomic mass is 16.6. The number of nitro groups is 1. The smallest absolute Gasteiger partial charge is 0.305 e. The lowest BCUT2D eigenvalue weighted by molar-refractivity contribution is -0.385. The maximum absolute atomic E-state index is 10.6. The monoisotopic (exact) mass is 265 g/mol. The van der Waals surface area contributed by atoms with Crippen LogP contribution in [-0.4, -0.2) is 41.1 Å². The number of piperidine rings is 1. The topological polar surface area (TPSA) is 84.2 Å². The van der Waals surface area contributed by atoms with Crippen LogP contribution in [0, 0.1) is 10.1 Å². The van der Waals surface area contributed by atoms with E-state index in [0.717, 1.165) is 32.4 Å². The van der Waals surface area contributed by atoms with Crippen molar-refractivity contribution in [2.75, 3.05) is 25.0 Å². The number of hydrogen-bond acceptors (Lipinski definition) is 6. The van der Waals surface area contributed by atoms with Crippen molar-refractivity contribution in [1.29, 1.82) is 0 Å². The van der Waals surface area contributed by atoms with Crippen LogP contribution in [0.4, 0.5) is 11.6 Å². The lowest BCUT2D eigenvalue weighted by Gasteiger charge is -2.35. The Kier molecular flexibility index (Phi) is 4.62. The lowest BCUT2D eigenvalue weighted by Crippen LogP contribution is -2.42. The predicted octanol–water partition coefficient (Wildman–Crippen LogP) is 1.35. The van der Waals surface area contributed by atoms with Gasteiger partial charge in [0.2, 0.25) is 5.95 Å². The molecule has 1 unspecified atom stereocenters. The van der Waals surface area contributed by atoms with E-state index < -0.39 is 4.92 Å². The molecule has 1 saturated heterocycles. The van der Waals surface area contributed by atoms with Gasteiger partial charge in [0, 0.05) is 12.6 Å². The maximum atomic E-state index is 10.6. The van der Waals surface area contributed by atoms with Crippen LogP contribution in [-0.2, 0) is 0 Å². The molecule has 0 saturated carbocycles. The Balaban J connectivity index is 2.10. The van der Waals surface area contributed by atoms with Gasteiger partial charge in [-0.2, -0.15) is 0 Å². The fourth-order valence-electron chi connectivity index (χ4n) is 2.43. The SMILES string of the molecule is CNCCC1CCCCN1c1ncc([N+](=O)[O-])cn1. The molecular formula is C12H19N5O2. The van der Waals surface area contributed by atoms with E-state index in [-0.39, 0.29) is 5.69 Å². The molecule has 0 spiro atoms. The predicted molar refractivity (Wildman–Crippen MR) is 72.2 cm³/mol. The normalized spacial score (nSPS) is 19.4. The zero-order valence-electron chi connectivity index (χ0n) is 11.1. The van der Waals surface area contributed by atoms with E-state index in [4.69, 9.17) is 0 Å². The van der Waals surface area contributed by atoms with Gasteiger partial charge in [0.05, 0.1) is 4.92 Å². The quantitative estimate of drug-likeness (QED) is 0.639. The molecule has 2 heterocycles. The number of rotatable bonds is 5. The summed E-state index contributed by atoms with van der Waals surface area (Å²) in [4.78, 5) is 20.6. The summed E-state index contributed by atoms with van der Waals surface area (Å²) >= 11 is 0. The average molecular weight is 265 g/mol. The first-order valence-corrected chi connectivity index (χ1v) is 6.60. The molecule has 19 heavy (non-hydrogen) atoms. The third-order valence-corrected chi connectivity index (χ3v) is 3.45. The number of aromatic nitrogens is 2. The van der Waals surface area contributed by atoms with Crippen molar-refractivity contribution < 1.29 is 4.92 Å². The highest BCUT2D eigenvalue weighted by Crippen LogP contribution is 2.24. The molecule has 0 aliphatic carbocycles. The second kappa shape index (κ2) is 6.42. The summed E-state index contributed by atoms with van der Waals surface area (Å²) in [5.41, 5.74) is -0.0625. The van der Waals surface area contributed by atoms with Crippen molar-refractivity contribution in [3.05, 3.63) is 22.5 Å². The molecule has 0 amide bonds. The lowest BCUT2D eigenvalue weighted by atomic mass is 10.00. The van der Waals surface area contributed by atoms with Crippen molar-refractivity contribution in [2.24, 2.45) is 0 Å². The van der Waals surface area contributed by atoms with Gasteiger partial charge >= 0.3 is 5.69 Å². The molecule has 0 aromatic carbocycles. The molecule has 1 aliphatic rings. The minimum absolute atomic E-state index is 0.0625. The van der Waals surface area contributed by atoms with Gasteiger partial charge in [-0.3, -0.25) is 10.1 Å². The Morgan fingerprint density at radius 1 is 1.47 bits per heavy atom. The molecule has 1 N–H and O–H groups in total. The minimum Gasteiger partial charge on any atom is -0.338 e. The molecule has 7 heteroatoms. The van der Waals surface area contributed by atoms with Crippen LogP contribution in [0.25, 0.3) is 0 Å². The van der Waals surface area contributed by atoms with Gasteiger partial charge in [-0.15, -0.1) is 0 Å². The Morgan fingerprint density at radius 2 is 2.21 bits per heavy atom. The molecule has 1 fully saturated rings. The van der Waals surface area contributed by atoms with Crippen molar-refractivity contribution in [1.82, 2.24) is 15.3 Å². The standard InChI is InChI=1S/C12H19N5O2/c1-13-6-5-10-4-2-3-7-16(10)12-14-8-11(9-15-12)17(18)19/h8-10,13H,2-7H2,1H3. The van der Waals surface area contributed by atoms with Gasteiger partial charge in [0.1, 0.15) is 12.4 Å². The van der Waals surface area contributed by atoms with Crippen LogP contribution in [0.2, 0.25) is 0 Å². The third kappa shape index (κ3) is 3.37. The van der Waals surface area contributed by atoms with Crippen molar-refractivity contribution in [2.45, 2.75) is 31.7 Å². The van der Waals surface area contributed by atoms with Crippen LogP contribution in [0.15, 0.2) is 12.4 Å². The van der Waals surface area contributed by atoms with Crippen LogP contribution in [0.1, 0.15) is 25.7 Å². The molecule has 0 bridgehead atoms. The Bertz CT molecular complexity index is 423. The summed E-state index contributed by atoms with van der Waals surface area (Å²) in [6.45, 7) is 1.88. The first-order valence-electron chi connectivity index (χ1n) is 6.60. The van der Waals surface area contributed by atoms with Crippen LogP contribution in [0.3, 0.4) is 0 Å². The molecule has 1 aromatic rings. The summed E-state index contributed by atoms with van der Waals surface area (Å²) in [5, 5.41) is 13.8. The van der Waals surface area contributed by atoms with Crippen molar-refractivity contribution >= 4 is 11.6 Å². The highest BCUT2D eigenvalue weighted by Gasteiger charge is 2.24. The highest BCUT2D eigenvalue weighted by molar-refractivity contribution is 5.35. The zero-order valence-corrected chi connectivity index (χ0v) is 11.1. The zero-order chi connectivity index (χ0) is 13.7. The van der Waals surface area contributed by atoms with Crippen LogP contribution >= 0.6 is 0 Å². The van der Waals surface area contributed by atoms with E-state index in [1.807, 2.05) is 7.05 Å². The summed E-state index contributed by atoms with van der Waals surface area (Å²) in [6.07, 6.45) is 7.07. The Hall–Kier alpha value is -1.76. The maximum Gasteiger partial charge on any atom is 0.305 e. The van der Waals surface area contributed by atoms with E-state index in [1.165, 1.54) is 18.8 Å². The first-order chi connectivity index (χ1) is 9.22.